The first kappa shape index (κ1) is 12.0. The van der Waals surface area contributed by atoms with Crippen LogP contribution in [0.4, 0.5) is 0 Å². The summed E-state index contributed by atoms with van der Waals surface area (Å²) >= 11 is 0. The first-order valence-electron chi connectivity index (χ1n) is 6.57. The van der Waals surface area contributed by atoms with Gasteiger partial charge >= 0.3 is 0 Å². The number of hydrogen-bond acceptors (Lipinski definition) is 2. The van der Waals surface area contributed by atoms with Gasteiger partial charge in [-0.2, -0.15) is 0 Å². The fraction of sp³-hybridized carbons (Fsp3) is 0.235. The van der Waals surface area contributed by atoms with Crippen molar-refractivity contribution in [1.82, 2.24) is 0 Å². The van der Waals surface area contributed by atoms with E-state index in [4.69, 9.17) is 4.74 Å². The van der Waals surface area contributed by atoms with Crippen molar-refractivity contribution in [3.63, 3.8) is 0 Å². The molecule has 0 saturated heterocycles. The third kappa shape index (κ3) is 2.39. The second kappa shape index (κ2) is 4.88. The van der Waals surface area contributed by atoms with Crippen molar-refractivity contribution < 1.29 is 9.53 Å². The Labute approximate surface area is 113 Å². The monoisotopic (exact) mass is 252 g/mol. The minimum absolute atomic E-state index is 0.275. The zero-order valence-electron chi connectivity index (χ0n) is 10.9. The number of para-hydroxylation sites is 1. The Bertz CT molecular complexity index is 595. The number of ketones is 1. The molecule has 1 aliphatic carbocycles. The summed E-state index contributed by atoms with van der Waals surface area (Å²) in [5, 5.41) is 0. The van der Waals surface area contributed by atoms with Gasteiger partial charge in [0.15, 0.2) is 5.78 Å². The van der Waals surface area contributed by atoms with E-state index in [1.807, 2.05) is 48.5 Å². The highest BCUT2D eigenvalue weighted by Gasteiger charge is 2.30. The fourth-order valence-electron chi connectivity index (χ4n) is 2.28. The molecule has 1 aliphatic rings. The van der Waals surface area contributed by atoms with Gasteiger partial charge in [0, 0.05) is 17.0 Å². The number of carbonyl (C=O) groups excluding carboxylic acids is 1. The molecule has 2 aromatic rings. The molecule has 19 heavy (non-hydrogen) atoms. The van der Waals surface area contributed by atoms with E-state index in [2.05, 4.69) is 0 Å². The summed E-state index contributed by atoms with van der Waals surface area (Å²) in [7, 11) is 1.67. The molecular weight excluding hydrogens is 236 g/mol. The van der Waals surface area contributed by atoms with E-state index in [0.29, 0.717) is 0 Å². The number of rotatable bonds is 4. The Morgan fingerprint density at radius 2 is 1.74 bits per heavy atom. The highest BCUT2D eigenvalue weighted by molar-refractivity contribution is 5.99. The quantitative estimate of drug-likeness (QED) is 0.770. The normalized spacial score (nSPS) is 14.2. The number of methoxy groups -OCH3 is 1. The third-order valence-electron chi connectivity index (χ3n) is 3.54. The minimum Gasteiger partial charge on any atom is -0.496 e. The molecule has 1 saturated carbocycles. The van der Waals surface area contributed by atoms with Crippen LogP contribution in [-0.2, 0) is 0 Å². The van der Waals surface area contributed by atoms with E-state index in [1.54, 1.807) is 7.11 Å². The van der Waals surface area contributed by atoms with Crippen LogP contribution in [-0.4, -0.2) is 12.9 Å². The van der Waals surface area contributed by atoms with Gasteiger partial charge in [-0.3, -0.25) is 4.79 Å². The smallest absolute Gasteiger partial charge is 0.165 e. The molecule has 1 fully saturated rings. The Kier molecular flexibility index (Phi) is 3.08. The van der Waals surface area contributed by atoms with Crippen molar-refractivity contribution in [3.8, 4) is 16.9 Å². The standard InChI is InChI=1S/C17H16O2/c1-19-16-5-3-2-4-15(16)12-6-8-13(9-7-12)17(18)14-10-11-14/h2-9,14H,10-11H2,1H3. The summed E-state index contributed by atoms with van der Waals surface area (Å²) in [5.41, 5.74) is 2.95. The molecule has 0 radical (unpaired) electrons. The Morgan fingerprint density at radius 3 is 2.37 bits per heavy atom. The molecule has 0 atom stereocenters. The number of Topliss-reactive ketones (excluding diaryl/α,β-unsaturated/α-hetero) is 1. The first-order chi connectivity index (χ1) is 9.29. The van der Waals surface area contributed by atoms with Gasteiger partial charge in [-0.15, -0.1) is 0 Å². The second-order valence-corrected chi connectivity index (χ2v) is 4.92. The van der Waals surface area contributed by atoms with Crippen LogP contribution in [0.15, 0.2) is 48.5 Å². The molecule has 0 amide bonds. The van der Waals surface area contributed by atoms with Crippen LogP contribution in [0.1, 0.15) is 23.2 Å². The number of benzene rings is 2. The molecular formula is C17H16O2. The van der Waals surface area contributed by atoms with E-state index in [0.717, 1.165) is 35.3 Å². The van der Waals surface area contributed by atoms with E-state index >= 15 is 0 Å². The molecule has 0 N–H and O–H groups in total. The highest BCUT2D eigenvalue weighted by Crippen LogP contribution is 2.34. The average Bonchev–Trinajstić information content (AvgIpc) is 3.31. The van der Waals surface area contributed by atoms with Crippen molar-refractivity contribution in [3.05, 3.63) is 54.1 Å². The van der Waals surface area contributed by atoms with Crippen LogP contribution >= 0.6 is 0 Å². The summed E-state index contributed by atoms with van der Waals surface area (Å²) in [6, 6.07) is 15.7. The molecule has 0 spiro atoms. The SMILES string of the molecule is COc1ccccc1-c1ccc(C(=O)C2CC2)cc1. The summed E-state index contributed by atoms with van der Waals surface area (Å²) < 4.78 is 5.36. The summed E-state index contributed by atoms with van der Waals surface area (Å²) in [6.45, 7) is 0. The average molecular weight is 252 g/mol. The summed E-state index contributed by atoms with van der Waals surface area (Å²) in [5.74, 6) is 1.41. The second-order valence-electron chi connectivity index (χ2n) is 4.92. The van der Waals surface area contributed by atoms with Crippen molar-refractivity contribution in [2.24, 2.45) is 5.92 Å². The summed E-state index contributed by atoms with van der Waals surface area (Å²) in [4.78, 5) is 12.0. The van der Waals surface area contributed by atoms with Gasteiger partial charge in [-0.05, 0) is 24.5 Å². The lowest BCUT2D eigenvalue weighted by atomic mass is 10.0. The van der Waals surface area contributed by atoms with Crippen molar-refractivity contribution in [2.75, 3.05) is 7.11 Å². The van der Waals surface area contributed by atoms with Gasteiger partial charge in [0.25, 0.3) is 0 Å². The molecule has 2 nitrogen and oxygen atoms in total. The van der Waals surface area contributed by atoms with Gasteiger partial charge in [0.2, 0.25) is 0 Å². The van der Waals surface area contributed by atoms with Crippen molar-refractivity contribution in [2.45, 2.75) is 12.8 Å². The van der Waals surface area contributed by atoms with Crippen LogP contribution in [0, 0.1) is 5.92 Å². The van der Waals surface area contributed by atoms with Crippen LogP contribution in [0.2, 0.25) is 0 Å². The van der Waals surface area contributed by atoms with Gasteiger partial charge in [0.1, 0.15) is 5.75 Å². The van der Waals surface area contributed by atoms with Gasteiger partial charge in [0.05, 0.1) is 7.11 Å². The molecule has 2 aromatic carbocycles. The topological polar surface area (TPSA) is 26.3 Å². The maximum absolute atomic E-state index is 12.0. The number of carbonyl (C=O) groups is 1. The fourth-order valence-corrected chi connectivity index (χ4v) is 2.28. The van der Waals surface area contributed by atoms with E-state index in [-0.39, 0.29) is 11.7 Å². The van der Waals surface area contributed by atoms with E-state index in [9.17, 15) is 4.79 Å². The zero-order valence-corrected chi connectivity index (χ0v) is 10.9. The lowest BCUT2D eigenvalue weighted by molar-refractivity contribution is 0.0967. The van der Waals surface area contributed by atoms with E-state index in [1.165, 1.54) is 0 Å². The molecule has 0 bridgehead atoms. The predicted molar refractivity (Wildman–Crippen MR) is 75.5 cm³/mol. The Balaban J connectivity index is 1.91. The molecule has 0 unspecified atom stereocenters. The largest absolute Gasteiger partial charge is 0.496 e. The highest BCUT2D eigenvalue weighted by atomic mass is 16.5. The van der Waals surface area contributed by atoms with Crippen molar-refractivity contribution >= 4 is 5.78 Å². The lowest BCUT2D eigenvalue weighted by Crippen LogP contribution is -2.00. The first-order valence-corrected chi connectivity index (χ1v) is 6.57. The number of hydrogen-bond donors (Lipinski definition) is 0. The molecule has 0 aromatic heterocycles. The van der Waals surface area contributed by atoms with Gasteiger partial charge < -0.3 is 4.74 Å². The zero-order chi connectivity index (χ0) is 13.2. The molecule has 96 valence electrons. The Hall–Kier alpha value is -2.09. The molecule has 2 heteroatoms. The predicted octanol–water partition coefficient (Wildman–Crippen LogP) is 3.95. The molecule has 0 heterocycles. The third-order valence-corrected chi connectivity index (χ3v) is 3.54. The van der Waals surface area contributed by atoms with E-state index < -0.39 is 0 Å². The minimum atomic E-state index is 0.275. The summed E-state index contributed by atoms with van der Waals surface area (Å²) in [6.07, 6.45) is 2.10. The lowest BCUT2D eigenvalue weighted by Gasteiger charge is -2.08. The number of ether oxygens (including phenoxy) is 1. The molecule has 3 rings (SSSR count). The molecule has 0 aliphatic heterocycles. The van der Waals surface area contributed by atoms with Crippen LogP contribution in [0.5, 0.6) is 5.75 Å². The van der Waals surface area contributed by atoms with Gasteiger partial charge in [-0.25, -0.2) is 0 Å². The maximum atomic E-state index is 12.0. The van der Waals surface area contributed by atoms with Gasteiger partial charge in [-0.1, -0.05) is 42.5 Å². The van der Waals surface area contributed by atoms with Crippen molar-refractivity contribution in [1.29, 1.82) is 0 Å². The van der Waals surface area contributed by atoms with Crippen LogP contribution in [0.25, 0.3) is 11.1 Å². The Morgan fingerprint density at radius 1 is 1.05 bits per heavy atom. The maximum Gasteiger partial charge on any atom is 0.165 e. The van der Waals surface area contributed by atoms with Crippen LogP contribution < -0.4 is 4.74 Å². The van der Waals surface area contributed by atoms with Crippen LogP contribution in [0.3, 0.4) is 0 Å².